The van der Waals surface area contributed by atoms with E-state index in [0.29, 0.717) is 38.5 Å². The zero-order chi connectivity index (χ0) is 82.5. The van der Waals surface area contributed by atoms with E-state index in [4.69, 9.17) is 46.9 Å². The highest BCUT2D eigenvalue weighted by Gasteiger charge is 2.60. The van der Waals surface area contributed by atoms with Crippen molar-refractivity contribution in [3.8, 4) is 0 Å². The van der Waals surface area contributed by atoms with Gasteiger partial charge >= 0.3 is 31.7 Å². The van der Waals surface area contributed by atoms with Crippen molar-refractivity contribution in [3.05, 3.63) is 24.3 Å². The third-order valence-corrected chi connectivity index (χ3v) is 22.9. The lowest BCUT2D eigenvalue weighted by Crippen LogP contribution is -2.70. The summed E-state index contributed by atoms with van der Waals surface area (Å²) in [5, 5.41) is 102. The summed E-state index contributed by atoms with van der Waals surface area (Å²) in [6, 6.07) is 0. The van der Waals surface area contributed by atoms with Gasteiger partial charge in [0.1, 0.15) is 92.6 Å². The lowest BCUT2D eigenvalue weighted by atomic mass is 9.84. The fourth-order valence-electron chi connectivity index (χ4n) is 14.7. The van der Waals surface area contributed by atoms with E-state index >= 15 is 0 Å². The summed E-state index contributed by atoms with van der Waals surface area (Å²) in [7, 11) is -5.81. The Hall–Kier alpha value is -3.05. The van der Waals surface area contributed by atoms with Crippen LogP contribution in [-0.2, 0) is 70.7 Å². The quantitative estimate of drug-likeness (QED) is 0.00889. The van der Waals surface area contributed by atoms with Crippen LogP contribution in [0.3, 0.4) is 0 Å². The first kappa shape index (κ1) is 104. The molecule has 0 aromatic heterocycles. The highest BCUT2D eigenvalue weighted by molar-refractivity contribution is 7.47. The normalized spacial score (nSPS) is 25.6. The number of unbranched alkanes of at least 4 members (excludes halogenated alkanes) is 44. The standard InChI is InChI=1S/C87H159O25P/c1-5-9-13-17-21-25-29-33-34-38-40-43-47-51-55-59-70(89)103-64-67(106-72(91)61-57-53-49-45-41-36-31-27-23-19-15-11-7-3)65-105-113(101,102)112-85-83(110-86-80(99)76(95)74(93)68(63-88)107-86)79(98)78(97)82(109-73(92)62-58-54-50-46-42-37-32-28-24-20-16-12-8-4)84(85)111-87-81(100)77(96)75(94)69(108-87)66-104-71(90)60-56-52-48-44-39-35-30-26-22-18-14-10-6-2/h36-37,41-42,67-69,74-88,93-100H,5-35,38-40,43-66H2,1-4H3,(H,101,102)/b41-36-,42-37-. The molecule has 0 aromatic rings. The Kier molecular flexibility index (Phi) is 61.5. The van der Waals surface area contributed by atoms with E-state index in [9.17, 15) is 74.6 Å². The molecule has 26 heteroatoms. The van der Waals surface area contributed by atoms with Crippen LogP contribution in [0.15, 0.2) is 24.3 Å². The molecule has 18 unspecified atom stereocenters. The number of rotatable bonds is 72. The summed E-state index contributed by atoms with van der Waals surface area (Å²) >= 11 is 0. The number of phosphoric acid groups is 1. The van der Waals surface area contributed by atoms with Crippen LogP contribution in [-0.4, -0.2) is 205 Å². The Morgan fingerprint density at radius 1 is 0.345 bits per heavy atom. The lowest BCUT2D eigenvalue weighted by molar-refractivity contribution is -0.360. The Morgan fingerprint density at radius 2 is 0.664 bits per heavy atom. The van der Waals surface area contributed by atoms with Crippen molar-refractivity contribution in [2.24, 2.45) is 0 Å². The summed E-state index contributed by atoms with van der Waals surface area (Å²) in [5.41, 5.74) is 0. The van der Waals surface area contributed by atoms with E-state index in [1.807, 2.05) is 0 Å². The molecule has 1 saturated carbocycles. The molecule has 0 bridgehead atoms. The van der Waals surface area contributed by atoms with Crippen LogP contribution < -0.4 is 0 Å². The van der Waals surface area contributed by atoms with Crippen LogP contribution in [0.25, 0.3) is 0 Å². The molecule has 3 aliphatic rings. The third kappa shape index (κ3) is 47.5. The van der Waals surface area contributed by atoms with E-state index in [2.05, 4.69) is 52.0 Å². The number of carbonyl (C=O) groups is 4. The number of aliphatic hydroxyl groups excluding tert-OH is 9. The van der Waals surface area contributed by atoms with Crippen LogP contribution >= 0.6 is 7.82 Å². The topological polar surface area (TPSA) is 380 Å². The zero-order valence-electron chi connectivity index (χ0n) is 70.2. The van der Waals surface area contributed by atoms with Gasteiger partial charge in [0.2, 0.25) is 0 Å². The number of carbonyl (C=O) groups excluding carboxylic acids is 4. The number of phosphoric ester groups is 1. The van der Waals surface area contributed by atoms with Crippen LogP contribution in [0, 0.1) is 0 Å². The van der Waals surface area contributed by atoms with Crippen LogP contribution in [0.4, 0.5) is 0 Å². The molecule has 10 N–H and O–H groups in total. The second kappa shape index (κ2) is 66.7. The van der Waals surface area contributed by atoms with Gasteiger partial charge in [-0.2, -0.15) is 0 Å². The van der Waals surface area contributed by atoms with Gasteiger partial charge in [-0.1, -0.05) is 296 Å². The van der Waals surface area contributed by atoms with Gasteiger partial charge in [-0.15, -0.1) is 0 Å². The van der Waals surface area contributed by atoms with Gasteiger partial charge in [-0.05, 0) is 77.0 Å². The first-order chi connectivity index (χ1) is 54.7. The maximum absolute atomic E-state index is 14.9. The van der Waals surface area contributed by atoms with Crippen molar-refractivity contribution in [1.29, 1.82) is 0 Å². The zero-order valence-corrected chi connectivity index (χ0v) is 71.1. The fraction of sp³-hybridized carbons (Fsp3) is 0.908. The largest absolute Gasteiger partial charge is 0.472 e. The minimum absolute atomic E-state index is 0.0150. The first-order valence-electron chi connectivity index (χ1n) is 45.1. The van der Waals surface area contributed by atoms with Crippen molar-refractivity contribution < 1.29 is 122 Å². The molecule has 662 valence electrons. The molecule has 0 aromatic carbocycles. The van der Waals surface area contributed by atoms with Crippen molar-refractivity contribution in [1.82, 2.24) is 0 Å². The van der Waals surface area contributed by atoms with Gasteiger partial charge in [0, 0.05) is 25.7 Å². The molecular weight excluding hydrogens is 1480 g/mol. The van der Waals surface area contributed by atoms with Crippen molar-refractivity contribution in [3.63, 3.8) is 0 Å². The molecule has 0 radical (unpaired) electrons. The Labute approximate surface area is 679 Å². The molecule has 2 aliphatic heterocycles. The molecule has 1 aliphatic carbocycles. The van der Waals surface area contributed by atoms with Crippen LogP contribution in [0.1, 0.15) is 374 Å². The molecule has 0 spiro atoms. The van der Waals surface area contributed by atoms with E-state index in [1.54, 1.807) is 0 Å². The Bertz CT molecular complexity index is 2460. The predicted octanol–water partition coefficient (Wildman–Crippen LogP) is 15.8. The smallest absolute Gasteiger partial charge is 0.463 e. The summed E-state index contributed by atoms with van der Waals surface area (Å²) in [6.07, 6.45) is 24.9. The number of aliphatic hydroxyl groups is 9. The van der Waals surface area contributed by atoms with Gasteiger partial charge in [-0.3, -0.25) is 28.2 Å². The summed E-state index contributed by atoms with van der Waals surface area (Å²) in [6.45, 7) is 5.53. The van der Waals surface area contributed by atoms with E-state index in [-0.39, 0.29) is 32.1 Å². The van der Waals surface area contributed by atoms with Crippen molar-refractivity contribution in [2.75, 3.05) is 26.4 Å². The van der Waals surface area contributed by atoms with E-state index in [0.717, 1.165) is 116 Å². The van der Waals surface area contributed by atoms with E-state index in [1.165, 1.54) is 161 Å². The number of hydrogen-bond acceptors (Lipinski definition) is 24. The molecule has 2 heterocycles. The summed E-state index contributed by atoms with van der Waals surface area (Å²) < 4.78 is 73.2. The lowest BCUT2D eigenvalue weighted by Gasteiger charge is -2.50. The minimum atomic E-state index is -5.81. The SMILES string of the molecule is CCCCCCCC/C=C\CCCCCC(=O)OC(COC(=O)CCCCCCCCCCCCCCCCC)COP(=O)(O)OC1C(OC2OC(CO)C(O)C(O)C2O)C(O)C(O)C(OC(=O)CCCCC/C=C\CCCCCCCC)C1OC1OC(COC(=O)CCCCCCCCCCCCCCC)C(O)C(O)C1O. The molecular formula is C87H159O25P. The first-order valence-corrected chi connectivity index (χ1v) is 46.6. The van der Waals surface area contributed by atoms with Crippen LogP contribution in [0.5, 0.6) is 0 Å². The minimum Gasteiger partial charge on any atom is -0.463 e. The highest BCUT2D eigenvalue weighted by Crippen LogP contribution is 2.49. The molecule has 18 atom stereocenters. The van der Waals surface area contributed by atoms with Crippen molar-refractivity contribution >= 4 is 31.7 Å². The fourth-order valence-corrected chi connectivity index (χ4v) is 15.7. The Morgan fingerprint density at radius 3 is 1.06 bits per heavy atom. The highest BCUT2D eigenvalue weighted by atomic mass is 31.2. The molecule has 0 amide bonds. The molecule has 3 fully saturated rings. The maximum atomic E-state index is 14.9. The second-order valence-corrected chi connectivity index (χ2v) is 33.5. The van der Waals surface area contributed by atoms with E-state index < -0.39 is 162 Å². The van der Waals surface area contributed by atoms with Crippen LogP contribution in [0.2, 0.25) is 0 Å². The number of ether oxygens (including phenoxy) is 8. The number of esters is 4. The van der Waals surface area contributed by atoms with Gasteiger partial charge in [0.15, 0.2) is 24.8 Å². The number of hydrogen-bond donors (Lipinski definition) is 10. The van der Waals surface area contributed by atoms with Gasteiger partial charge in [-0.25, -0.2) is 4.57 Å². The maximum Gasteiger partial charge on any atom is 0.472 e. The second-order valence-electron chi connectivity index (χ2n) is 32.1. The van der Waals surface area contributed by atoms with Crippen molar-refractivity contribution in [2.45, 2.75) is 479 Å². The average Bonchev–Trinajstić information content (AvgIpc) is 0.754. The third-order valence-electron chi connectivity index (χ3n) is 21.9. The van der Waals surface area contributed by atoms with Gasteiger partial charge in [0.25, 0.3) is 0 Å². The summed E-state index contributed by atoms with van der Waals surface area (Å²) in [4.78, 5) is 66.2. The Balaban J connectivity index is 1.94. The molecule has 2 saturated heterocycles. The summed E-state index contributed by atoms with van der Waals surface area (Å²) in [5.74, 6) is -3.00. The predicted molar refractivity (Wildman–Crippen MR) is 435 cm³/mol. The molecule has 113 heavy (non-hydrogen) atoms. The molecule has 25 nitrogen and oxygen atoms in total. The average molecular weight is 1640 g/mol. The van der Waals surface area contributed by atoms with Gasteiger partial charge in [0.05, 0.1) is 13.2 Å². The van der Waals surface area contributed by atoms with Gasteiger partial charge < -0.3 is 88.7 Å². The molecule has 3 rings (SSSR count). The number of allylic oxidation sites excluding steroid dienone is 4. The monoisotopic (exact) mass is 1640 g/mol.